The van der Waals surface area contributed by atoms with Gasteiger partial charge >= 0.3 is 13.2 Å². The first kappa shape index (κ1) is 18.8. The Balaban J connectivity index is 1.98. The minimum absolute atomic E-state index is 0.229. The molecule has 0 radical (unpaired) electrons. The summed E-state index contributed by atoms with van der Waals surface area (Å²) in [6.45, 7) is 7.12. The highest BCUT2D eigenvalue weighted by Crippen LogP contribution is 2.22. The highest BCUT2D eigenvalue weighted by atomic mass is 16.6. The smallest absolute Gasteiger partial charge is 0.444 e. The first-order valence-corrected chi connectivity index (χ1v) is 8.67. The van der Waals surface area contributed by atoms with Crippen LogP contribution in [0, 0.1) is 5.92 Å². The van der Waals surface area contributed by atoms with Gasteiger partial charge in [-0.25, -0.2) is 4.79 Å². The first-order chi connectivity index (χ1) is 11.2. The topological polar surface area (TPSA) is 70.0 Å². The SMILES string of the molecule is CC(C)(C)OC(=O)N1CCCCC(Cc2ccc(B(O)O)cc2)C1. The van der Waals surface area contributed by atoms with Gasteiger partial charge < -0.3 is 19.7 Å². The largest absolute Gasteiger partial charge is 0.488 e. The molecule has 1 fully saturated rings. The molecular weight excluding hydrogens is 305 g/mol. The molecule has 132 valence electrons. The second-order valence-corrected chi connectivity index (χ2v) is 7.61. The standard InChI is InChI=1S/C18H28BNO4/c1-18(2,3)24-17(21)20-11-5-4-6-15(13-20)12-14-7-9-16(10-8-14)19(22)23/h7-10,15,22-23H,4-6,11-13H2,1-3H3. The normalized spacial score (nSPS) is 18.9. The molecule has 1 unspecified atom stereocenters. The Hall–Kier alpha value is -1.53. The number of hydrogen-bond acceptors (Lipinski definition) is 4. The van der Waals surface area contributed by atoms with Crippen LogP contribution in [0.2, 0.25) is 0 Å². The molecule has 0 spiro atoms. The monoisotopic (exact) mass is 333 g/mol. The lowest BCUT2D eigenvalue weighted by molar-refractivity contribution is 0.0234. The first-order valence-electron chi connectivity index (χ1n) is 8.67. The van der Waals surface area contributed by atoms with Gasteiger partial charge in [-0.1, -0.05) is 30.7 Å². The highest BCUT2D eigenvalue weighted by Gasteiger charge is 2.26. The molecule has 1 aliphatic heterocycles. The molecule has 1 atom stereocenters. The number of carbonyl (C=O) groups excluding carboxylic acids is 1. The molecule has 2 rings (SSSR count). The Labute approximate surface area is 144 Å². The fourth-order valence-corrected chi connectivity index (χ4v) is 3.05. The van der Waals surface area contributed by atoms with Crippen LogP contribution in [-0.2, 0) is 11.2 Å². The molecule has 1 aliphatic rings. The molecule has 6 heteroatoms. The molecule has 0 saturated carbocycles. The Kier molecular flexibility index (Phi) is 6.30. The van der Waals surface area contributed by atoms with Crippen LogP contribution in [0.15, 0.2) is 24.3 Å². The van der Waals surface area contributed by atoms with E-state index in [0.717, 1.165) is 37.8 Å². The lowest BCUT2D eigenvalue weighted by Crippen LogP contribution is -2.39. The molecule has 1 heterocycles. The van der Waals surface area contributed by atoms with Gasteiger partial charge in [-0.05, 0) is 57.0 Å². The summed E-state index contributed by atoms with van der Waals surface area (Å²) in [6.07, 6.45) is 3.85. The van der Waals surface area contributed by atoms with Crippen LogP contribution in [0.4, 0.5) is 4.79 Å². The predicted molar refractivity (Wildman–Crippen MR) is 95.1 cm³/mol. The van der Waals surface area contributed by atoms with Crippen molar-refractivity contribution in [1.82, 2.24) is 4.90 Å². The van der Waals surface area contributed by atoms with Gasteiger partial charge in [0.25, 0.3) is 0 Å². The number of rotatable bonds is 3. The molecule has 24 heavy (non-hydrogen) atoms. The van der Waals surface area contributed by atoms with Crippen molar-refractivity contribution < 1.29 is 19.6 Å². The van der Waals surface area contributed by atoms with E-state index >= 15 is 0 Å². The number of nitrogens with zero attached hydrogens (tertiary/aromatic N) is 1. The summed E-state index contributed by atoms with van der Waals surface area (Å²) in [6, 6.07) is 7.33. The minimum atomic E-state index is -1.43. The van der Waals surface area contributed by atoms with Crippen LogP contribution < -0.4 is 5.46 Å². The van der Waals surface area contributed by atoms with E-state index in [1.54, 1.807) is 12.1 Å². The lowest BCUT2D eigenvalue weighted by atomic mass is 9.79. The van der Waals surface area contributed by atoms with Gasteiger partial charge in [0.1, 0.15) is 5.60 Å². The van der Waals surface area contributed by atoms with Crippen LogP contribution in [-0.4, -0.2) is 46.9 Å². The van der Waals surface area contributed by atoms with Crippen molar-refractivity contribution in [2.45, 2.75) is 52.1 Å². The lowest BCUT2D eigenvalue weighted by Gasteiger charge is -2.28. The summed E-state index contributed by atoms with van der Waals surface area (Å²) in [5.41, 5.74) is 1.17. The molecule has 1 aromatic rings. The maximum atomic E-state index is 12.3. The van der Waals surface area contributed by atoms with Crippen molar-refractivity contribution in [3.05, 3.63) is 29.8 Å². The molecule has 1 saturated heterocycles. The van der Waals surface area contributed by atoms with E-state index in [4.69, 9.17) is 14.8 Å². The molecule has 0 aliphatic carbocycles. The molecule has 5 nitrogen and oxygen atoms in total. The second kappa shape index (κ2) is 8.03. The number of hydrogen-bond donors (Lipinski definition) is 2. The molecule has 2 N–H and O–H groups in total. The zero-order valence-corrected chi connectivity index (χ0v) is 14.9. The minimum Gasteiger partial charge on any atom is -0.444 e. The van der Waals surface area contributed by atoms with Crippen LogP contribution in [0.3, 0.4) is 0 Å². The number of likely N-dealkylation sites (tertiary alicyclic amines) is 1. The maximum absolute atomic E-state index is 12.3. The van der Waals surface area contributed by atoms with E-state index in [9.17, 15) is 4.79 Å². The summed E-state index contributed by atoms with van der Waals surface area (Å²) in [4.78, 5) is 14.2. The van der Waals surface area contributed by atoms with Gasteiger partial charge in [-0.15, -0.1) is 0 Å². The summed E-state index contributed by atoms with van der Waals surface area (Å²) in [7, 11) is -1.43. The van der Waals surface area contributed by atoms with Crippen molar-refractivity contribution >= 4 is 18.7 Å². The Morgan fingerprint density at radius 3 is 2.50 bits per heavy atom. The molecule has 1 aromatic carbocycles. The third kappa shape index (κ3) is 5.84. The van der Waals surface area contributed by atoms with Crippen molar-refractivity contribution in [3.8, 4) is 0 Å². The van der Waals surface area contributed by atoms with Crippen LogP contribution in [0.5, 0.6) is 0 Å². The van der Waals surface area contributed by atoms with E-state index in [2.05, 4.69) is 0 Å². The number of benzene rings is 1. The summed E-state index contributed by atoms with van der Waals surface area (Å²) in [5.74, 6) is 0.393. The van der Waals surface area contributed by atoms with Crippen LogP contribution >= 0.6 is 0 Å². The zero-order valence-electron chi connectivity index (χ0n) is 14.9. The fraction of sp³-hybridized carbons (Fsp3) is 0.611. The summed E-state index contributed by atoms with van der Waals surface area (Å²) < 4.78 is 5.50. The summed E-state index contributed by atoms with van der Waals surface area (Å²) >= 11 is 0. The van der Waals surface area contributed by atoms with Gasteiger partial charge in [-0.2, -0.15) is 0 Å². The number of carbonyl (C=O) groups is 1. The van der Waals surface area contributed by atoms with E-state index in [1.807, 2.05) is 37.8 Å². The molecule has 0 bridgehead atoms. The van der Waals surface area contributed by atoms with Gasteiger partial charge in [0, 0.05) is 13.1 Å². The third-order valence-electron chi connectivity index (χ3n) is 4.22. The zero-order chi connectivity index (χ0) is 17.7. The van der Waals surface area contributed by atoms with Crippen LogP contribution in [0.25, 0.3) is 0 Å². The van der Waals surface area contributed by atoms with Gasteiger partial charge in [0.15, 0.2) is 0 Å². The quantitative estimate of drug-likeness (QED) is 0.830. The van der Waals surface area contributed by atoms with E-state index in [1.165, 1.54) is 0 Å². The Morgan fingerprint density at radius 1 is 1.25 bits per heavy atom. The van der Waals surface area contributed by atoms with Crippen molar-refractivity contribution in [3.63, 3.8) is 0 Å². The third-order valence-corrected chi connectivity index (χ3v) is 4.22. The van der Waals surface area contributed by atoms with E-state index in [0.29, 0.717) is 17.9 Å². The van der Waals surface area contributed by atoms with E-state index < -0.39 is 12.7 Å². The maximum Gasteiger partial charge on any atom is 0.488 e. The van der Waals surface area contributed by atoms with Crippen LogP contribution in [0.1, 0.15) is 45.6 Å². The Bertz CT molecular complexity index is 539. The molecule has 0 aromatic heterocycles. The highest BCUT2D eigenvalue weighted by molar-refractivity contribution is 6.58. The fourth-order valence-electron chi connectivity index (χ4n) is 3.05. The number of ether oxygens (including phenoxy) is 1. The van der Waals surface area contributed by atoms with Gasteiger partial charge in [-0.3, -0.25) is 0 Å². The van der Waals surface area contributed by atoms with Gasteiger partial charge in [0.05, 0.1) is 0 Å². The summed E-state index contributed by atoms with van der Waals surface area (Å²) in [5, 5.41) is 18.3. The molecular formula is C18H28BNO4. The molecule has 1 amide bonds. The average Bonchev–Trinajstić information content (AvgIpc) is 2.72. The second-order valence-electron chi connectivity index (χ2n) is 7.61. The predicted octanol–water partition coefficient (Wildman–Crippen LogP) is 1.95. The van der Waals surface area contributed by atoms with Gasteiger partial charge in [0.2, 0.25) is 0 Å². The number of amides is 1. The van der Waals surface area contributed by atoms with Crippen molar-refractivity contribution in [2.24, 2.45) is 5.92 Å². The van der Waals surface area contributed by atoms with Crippen molar-refractivity contribution in [2.75, 3.05) is 13.1 Å². The van der Waals surface area contributed by atoms with E-state index in [-0.39, 0.29) is 6.09 Å². The van der Waals surface area contributed by atoms with Crippen molar-refractivity contribution in [1.29, 1.82) is 0 Å². The Morgan fingerprint density at radius 2 is 1.92 bits per heavy atom. The average molecular weight is 333 g/mol.